The number of benzene rings is 1. The Morgan fingerprint density at radius 1 is 1.00 bits per heavy atom. The number of rotatable bonds is 3. The Morgan fingerprint density at radius 2 is 1.66 bits per heavy atom. The van der Waals surface area contributed by atoms with Gasteiger partial charge in [-0.15, -0.1) is 0 Å². The van der Waals surface area contributed by atoms with Crippen LogP contribution in [0, 0.1) is 11.7 Å². The van der Waals surface area contributed by atoms with E-state index in [0.29, 0.717) is 31.7 Å². The summed E-state index contributed by atoms with van der Waals surface area (Å²) in [5.74, 6) is -1.33. The van der Waals surface area contributed by atoms with Crippen molar-refractivity contribution in [3.63, 3.8) is 0 Å². The summed E-state index contributed by atoms with van der Waals surface area (Å²) in [7, 11) is 0. The molecule has 1 aliphatic heterocycles. The van der Waals surface area contributed by atoms with Crippen LogP contribution in [0.4, 0.5) is 23.4 Å². The van der Waals surface area contributed by atoms with Crippen molar-refractivity contribution in [1.82, 2.24) is 15.8 Å². The van der Waals surface area contributed by atoms with Gasteiger partial charge in [0.05, 0.1) is 5.56 Å². The lowest BCUT2D eigenvalue weighted by Gasteiger charge is -2.32. The van der Waals surface area contributed by atoms with Crippen molar-refractivity contribution in [3.8, 4) is 0 Å². The lowest BCUT2D eigenvalue weighted by molar-refractivity contribution is -0.137. The van der Waals surface area contributed by atoms with Crippen LogP contribution in [0.15, 0.2) is 42.6 Å². The van der Waals surface area contributed by atoms with Crippen LogP contribution < -0.4 is 15.8 Å². The Balaban J connectivity index is 1.48. The molecule has 154 valence electrons. The van der Waals surface area contributed by atoms with Gasteiger partial charge in [-0.3, -0.25) is 20.4 Å². The number of nitrogens with zero attached hydrogens (tertiary/aromatic N) is 2. The Morgan fingerprint density at radius 3 is 2.21 bits per heavy atom. The van der Waals surface area contributed by atoms with Crippen molar-refractivity contribution in [2.75, 3.05) is 18.0 Å². The van der Waals surface area contributed by atoms with Gasteiger partial charge in [-0.2, -0.15) is 13.2 Å². The fraction of sp³-hybridized carbons (Fsp3) is 0.316. The topological polar surface area (TPSA) is 74.3 Å². The molecular weight excluding hydrogens is 392 g/mol. The Hall–Kier alpha value is -3.17. The van der Waals surface area contributed by atoms with Gasteiger partial charge in [-0.05, 0) is 49.2 Å². The largest absolute Gasteiger partial charge is 0.417 e. The lowest BCUT2D eigenvalue weighted by atomic mass is 9.96. The number of carbonyl (C=O) groups excluding carboxylic acids is 2. The smallest absolute Gasteiger partial charge is 0.357 e. The average molecular weight is 410 g/mol. The third-order valence-electron chi connectivity index (χ3n) is 4.67. The number of nitrogens with one attached hydrogen (secondary N) is 2. The number of hydrogen-bond acceptors (Lipinski definition) is 4. The van der Waals surface area contributed by atoms with Crippen molar-refractivity contribution >= 4 is 17.6 Å². The van der Waals surface area contributed by atoms with Crippen LogP contribution in [0.2, 0.25) is 0 Å². The summed E-state index contributed by atoms with van der Waals surface area (Å²) in [5, 5.41) is 0. The number of aromatic nitrogens is 1. The summed E-state index contributed by atoms with van der Waals surface area (Å²) in [6.45, 7) is 0.894. The summed E-state index contributed by atoms with van der Waals surface area (Å²) >= 11 is 0. The van der Waals surface area contributed by atoms with E-state index < -0.39 is 23.5 Å². The molecule has 1 saturated heterocycles. The summed E-state index contributed by atoms with van der Waals surface area (Å²) in [6.07, 6.45) is -2.73. The number of alkyl halides is 3. The summed E-state index contributed by atoms with van der Waals surface area (Å²) in [4.78, 5) is 29.8. The van der Waals surface area contributed by atoms with Gasteiger partial charge in [-0.1, -0.05) is 0 Å². The van der Waals surface area contributed by atoms with E-state index in [1.807, 2.05) is 0 Å². The van der Waals surface area contributed by atoms with E-state index in [-0.39, 0.29) is 17.4 Å². The molecule has 3 rings (SSSR count). The van der Waals surface area contributed by atoms with E-state index >= 15 is 0 Å². The molecule has 0 unspecified atom stereocenters. The molecule has 2 heterocycles. The van der Waals surface area contributed by atoms with Crippen molar-refractivity contribution in [2.24, 2.45) is 5.92 Å². The standard InChI is InChI=1S/C19H18F4N4O2/c20-15-4-1-12(2-5-15)17(28)25-26-18(29)13-7-9-27(10-8-13)16-6-3-14(11-24-16)19(21,22)23/h1-6,11,13H,7-10H2,(H,25,28)(H,26,29). The third kappa shape index (κ3) is 5.21. The average Bonchev–Trinajstić information content (AvgIpc) is 2.72. The first kappa shape index (κ1) is 20.6. The number of hydrazine groups is 1. The molecule has 2 aromatic rings. The SMILES string of the molecule is O=C(NNC(=O)C1CCN(c2ccc(C(F)(F)F)cn2)CC1)c1ccc(F)cc1. The molecule has 1 fully saturated rings. The van der Waals surface area contributed by atoms with Crippen LogP contribution in [-0.2, 0) is 11.0 Å². The number of piperidine rings is 1. The predicted molar refractivity (Wildman–Crippen MR) is 96.2 cm³/mol. The molecule has 0 spiro atoms. The minimum atomic E-state index is -4.44. The molecule has 0 atom stereocenters. The van der Waals surface area contributed by atoms with Gasteiger partial charge in [0.15, 0.2) is 0 Å². The van der Waals surface area contributed by atoms with Gasteiger partial charge in [0.2, 0.25) is 5.91 Å². The van der Waals surface area contributed by atoms with Gasteiger partial charge >= 0.3 is 6.18 Å². The summed E-state index contributed by atoms with van der Waals surface area (Å²) in [5.41, 5.74) is 4.03. The second-order valence-electron chi connectivity index (χ2n) is 6.61. The number of halogens is 4. The van der Waals surface area contributed by atoms with Crippen LogP contribution in [0.1, 0.15) is 28.8 Å². The minimum absolute atomic E-state index is 0.204. The Labute approximate surface area is 163 Å². The van der Waals surface area contributed by atoms with Crippen LogP contribution in [0.3, 0.4) is 0 Å². The van der Waals surface area contributed by atoms with E-state index in [4.69, 9.17) is 0 Å². The van der Waals surface area contributed by atoms with E-state index in [0.717, 1.165) is 24.4 Å². The van der Waals surface area contributed by atoms with Crippen LogP contribution in [0.25, 0.3) is 0 Å². The molecule has 1 aromatic carbocycles. The number of anilines is 1. The summed E-state index contributed by atoms with van der Waals surface area (Å²) in [6, 6.07) is 7.17. The molecule has 0 saturated carbocycles. The zero-order valence-corrected chi connectivity index (χ0v) is 15.2. The third-order valence-corrected chi connectivity index (χ3v) is 4.67. The fourth-order valence-corrected chi connectivity index (χ4v) is 3.01. The van der Waals surface area contributed by atoms with Crippen molar-refractivity contribution < 1.29 is 27.2 Å². The zero-order chi connectivity index (χ0) is 21.0. The second-order valence-corrected chi connectivity index (χ2v) is 6.61. The highest BCUT2D eigenvalue weighted by Gasteiger charge is 2.31. The molecule has 29 heavy (non-hydrogen) atoms. The van der Waals surface area contributed by atoms with E-state index in [1.165, 1.54) is 18.2 Å². The predicted octanol–water partition coefficient (Wildman–Crippen LogP) is 2.92. The number of hydrogen-bond donors (Lipinski definition) is 2. The monoisotopic (exact) mass is 410 g/mol. The maximum atomic E-state index is 12.9. The number of carbonyl (C=O) groups is 2. The first-order chi connectivity index (χ1) is 13.7. The molecule has 2 amide bonds. The van der Waals surface area contributed by atoms with Gasteiger partial charge < -0.3 is 4.90 Å². The van der Waals surface area contributed by atoms with Crippen molar-refractivity contribution in [2.45, 2.75) is 19.0 Å². The van der Waals surface area contributed by atoms with Gasteiger partial charge in [-0.25, -0.2) is 9.37 Å². The van der Waals surface area contributed by atoms with Crippen molar-refractivity contribution in [1.29, 1.82) is 0 Å². The van der Waals surface area contributed by atoms with Crippen LogP contribution >= 0.6 is 0 Å². The second kappa shape index (κ2) is 8.46. The first-order valence-corrected chi connectivity index (χ1v) is 8.88. The maximum Gasteiger partial charge on any atom is 0.417 e. The number of pyridine rings is 1. The van der Waals surface area contributed by atoms with E-state index in [1.54, 1.807) is 4.90 Å². The highest BCUT2D eigenvalue weighted by Crippen LogP contribution is 2.30. The molecule has 10 heteroatoms. The Bertz CT molecular complexity index is 861. The van der Waals surface area contributed by atoms with Gasteiger partial charge in [0.1, 0.15) is 11.6 Å². The van der Waals surface area contributed by atoms with Gasteiger partial charge in [0.25, 0.3) is 5.91 Å². The molecule has 0 aliphatic carbocycles. The fourth-order valence-electron chi connectivity index (χ4n) is 3.01. The maximum absolute atomic E-state index is 12.9. The Kier molecular flexibility index (Phi) is 6.00. The molecule has 6 nitrogen and oxygen atoms in total. The number of amides is 2. The quantitative estimate of drug-likeness (QED) is 0.603. The van der Waals surface area contributed by atoms with Crippen molar-refractivity contribution in [3.05, 3.63) is 59.5 Å². The molecule has 1 aromatic heterocycles. The molecule has 2 N–H and O–H groups in total. The molecule has 0 radical (unpaired) electrons. The van der Waals surface area contributed by atoms with E-state index in [9.17, 15) is 27.2 Å². The summed E-state index contributed by atoms with van der Waals surface area (Å²) < 4.78 is 50.7. The first-order valence-electron chi connectivity index (χ1n) is 8.88. The molecule has 1 aliphatic rings. The highest BCUT2D eigenvalue weighted by atomic mass is 19.4. The van der Waals surface area contributed by atoms with Gasteiger partial charge in [0, 0.05) is 30.8 Å². The molecule has 0 bridgehead atoms. The van der Waals surface area contributed by atoms with Crippen LogP contribution in [0.5, 0.6) is 0 Å². The minimum Gasteiger partial charge on any atom is -0.357 e. The van der Waals surface area contributed by atoms with E-state index in [2.05, 4.69) is 15.8 Å². The molecular formula is C19H18F4N4O2. The zero-order valence-electron chi connectivity index (χ0n) is 15.2. The lowest BCUT2D eigenvalue weighted by Crippen LogP contribution is -2.47. The highest BCUT2D eigenvalue weighted by molar-refractivity contribution is 5.95. The normalized spacial score (nSPS) is 15.1. The van der Waals surface area contributed by atoms with Crippen LogP contribution in [-0.4, -0.2) is 29.9 Å².